The largest absolute Gasteiger partial charge is 0.454 e. The molecule has 1 aliphatic rings. The lowest BCUT2D eigenvalue weighted by atomic mass is 10.2. The van der Waals surface area contributed by atoms with Crippen LogP contribution >= 0.6 is 0 Å². The third kappa shape index (κ3) is 2.39. The summed E-state index contributed by atoms with van der Waals surface area (Å²) in [5.74, 6) is -1.78. The Bertz CT molecular complexity index is 472. The third-order valence-electron chi connectivity index (χ3n) is 2.26. The average molecular weight is 241 g/mol. The monoisotopic (exact) mass is 241 g/mol. The van der Waals surface area contributed by atoms with Gasteiger partial charge in [0, 0.05) is 6.07 Å². The summed E-state index contributed by atoms with van der Waals surface area (Å²) in [7, 11) is 0. The zero-order chi connectivity index (χ0) is 12.4. The molecule has 6 nitrogen and oxygen atoms in total. The fourth-order valence-corrected chi connectivity index (χ4v) is 1.28. The van der Waals surface area contributed by atoms with Crippen molar-refractivity contribution in [1.29, 1.82) is 0 Å². The van der Waals surface area contributed by atoms with Crippen LogP contribution in [0.5, 0.6) is 0 Å². The molecule has 1 saturated heterocycles. The molecule has 1 heterocycles. The topological polar surface area (TPSA) is 78.7 Å². The molecule has 0 atom stereocenters. The molecular formula is C10H8FNO5. The minimum Gasteiger partial charge on any atom is -0.454 e. The van der Waals surface area contributed by atoms with E-state index in [9.17, 15) is 19.3 Å². The van der Waals surface area contributed by atoms with Crippen LogP contribution in [0.15, 0.2) is 18.2 Å². The summed E-state index contributed by atoms with van der Waals surface area (Å²) in [4.78, 5) is 21.0. The van der Waals surface area contributed by atoms with Gasteiger partial charge in [-0.3, -0.25) is 10.1 Å². The molecule has 0 radical (unpaired) electrons. The number of carbonyl (C=O) groups excluding carboxylic acids is 1. The molecule has 0 aromatic heterocycles. The molecule has 1 aromatic carbocycles. The van der Waals surface area contributed by atoms with E-state index in [1.54, 1.807) is 0 Å². The van der Waals surface area contributed by atoms with E-state index in [2.05, 4.69) is 0 Å². The van der Waals surface area contributed by atoms with Gasteiger partial charge in [0.1, 0.15) is 6.10 Å². The summed E-state index contributed by atoms with van der Waals surface area (Å²) < 4.78 is 23.0. The van der Waals surface area contributed by atoms with Crippen molar-refractivity contribution >= 4 is 11.7 Å². The number of hydrogen-bond acceptors (Lipinski definition) is 5. The molecule has 0 unspecified atom stereocenters. The first-order chi connectivity index (χ1) is 8.08. The Balaban J connectivity index is 2.13. The fraction of sp³-hybridized carbons (Fsp3) is 0.300. The van der Waals surface area contributed by atoms with Crippen LogP contribution in [-0.2, 0) is 9.47 Å². The molecular weight excluding hydrogens is 233 g/mol. The minimum atomic E-state index is -1.06. The molecule has 0 aliphatic carbocycles. The van der Waals surface area contributed by atoms with Crippen molar-refractivity contribution in [1.82, 2.24) is 0 Å². The van der Waals surface area contributed by atoms with Crippen LogP contribution in [0, 0.1) is 15.9 Å². The second kappa shape index (κ2) is 4.46. The number of ether oxygens (including phenoxy) is 2. The van der Waals surface area contributed by atoms with Gasteiger partial charge in [0.05, 0.1) is 23.7 Å². The maximum absolute atomic E-state index is 13.2. The van der Waals surface area contributed by atoms with E-state index in [-0.39, 0.29) is 11.7 Å². The molecule has 1 aliphatic heterocycles. The molecule has 7 heteroatoms. The molecule has 17 heavy (non-hydrogen) atoms. The highest BCUT2D eigenvalue weighted by Crippen LogP contribution is 2.19. The first-order valence-corrected chi connectivity index (χ1v) is 4.80. The summed E-state index contributed by atoms with van der Waals surface area (Å²) in [6.45, 7) is 0.641. The van der Waals surface area contributed by atoms with E-state index in [0.29, 0.717) is 13.2 Å². The van der Waals surface area contributed by atoms with Crippen molar-refractivity contribution < 1.29 is 23.6 Å². The van der Waals surface area contributed by atoms with Gasteiger partial charge < -0.3 is 9.47 Å². The zero-order valence-corrected chi connectivity index (χ0v) is 8.59. The number of esters is 1. The molecule has 0 N–H and O–H groups in total. The number of nitro groups is 1. The Labute approximate surface area is 95.1 Å². The van der Waals surface area contributed by atoms with Gasteiger partial charge in [-0.05, 0) is 12.1 Å². The summed E-state index contributed by atoms with van der Waals surface area (Å²) >= 11 is 0. The minimum absolute atomic E-state index is 0.0556. The Morgan fingerprint density at radius 2 is 2.24 bits per heavy atom. The van der Waals surface area contributed by atoms with Crippen molar-refractivity contribution in [3.63, 3.8) is 0 Å². The molecule has 0 bridgehead atoms. The van der Waals surface area contributed by atoms with Gasteiger partial charge in [0.25, 0.3) is 0 Å². The number of benzene rings is 1. The van der Waals surface area contributed by atoms with Crippen LogP contribution in [0.4, 0.5) is 10.1 Å². The number of nitrogens with zero attached hydrogens (tertiary/aromatic N) is 1. The van der Waals surface area contributed by atoms with Crippen LogP contribution in [0.1, 0.15) is 10.4 Å². The average Bonchev–Trinajstić information content (AvgIpc) is 2.22. The third-order valence-corrected chi connectivity index (χ3v) is 2.26. The highest BCUT2D eigenvalue weighted by Gasteiger charge is 2.24. The van der Waals surface area contributed by atoms with Crippen LogP contribution < -0.4 is 0 Å². The number of nitro benzene ring substituents is 1. The lowest BCUT2D eigenvalue weighted by Gasteiger charge is -2.25. The van der Waals surface area contributed by atoms with E-state index >= 15 is 0 Å². The van der Waals surface area contributed by atoms with Gasteiger partial charge >= 0.3 is 11.7 Å². The highest BCUT2D eigenvalue weighted by molar-refractivity contribution is 5.89. The number of rotatable bonds is 3. The predicted molar refractivity (Wildman–Crippen MR) is 53.1 cm³/mol. The molecule has 90 valence electrons. The molecule has 1 aromatic rings. The molecule has 0 amide bonds. The van der Waals surface area contributed by atoms with Gasteiger partial charge in [-0.2, -0.15) is 4.39 Å². The Hall–Kier alpha value is -2.02. The van der Waals surface area contributed by atoms with Crippen LogP contribution in [0.3, 0.4) is 0 Å². The highest BCUT2D eigenvalue weighted by atomic mass is 19.1. The number of halogens is 1. The first-order valence-electron chi connectivity index (χ1n) is 4.80. The molecule has 2 rings (SSSR count). The number of hydrogen-bond donors (Lipinski definition) is 0. The number of carbonyl (C=O) groups is 1. The summed E-state index contributed by atoms with van der Waals surface area (Å²) in [6, 6.07) is 2.88. The second-order valence-electron chi connectivity index (χ2n) is 3.49. The van der Waals surface area contributed by atoms with E-state index in [1.165, 1.54) is 0 Å². The molecule has 1 fully saturated rings. The maximum atomic E-state index is 13.2. The van der Waals surface area contributed by atoms with Crippen molar-refractivity contribution in [3.8, 4) is 0 Å². The van der Waals surface area contributed by atoms with Crippen LogP contribution in [-0.4, -0.2) is 30.2 Å². The van der Waals surface area contributed by atoms with E-state index in [4.69, 9.17) is 9.47 Å². The maximum Gasteiger partial charge on any atom is 0.338 e. The Kier molecular flexibility index (Phi) is 3.01. The van der Waals surface area contributed by atoms with Crippen molar-refractivity contribution in [2.24, 2.45) is 0 Å². The van der Waals surface area contributed by atoms with Gasteiger partial charge in [-0.25, -0.2) is 4.79 Å². The normalized spacial score (nSPS) is 15.1. The van der Waals surface area contributed by atoms with Gasteiger partial charge in [-0.15, -0.1) is 0 Å². The lowest BCUT2D eigenvalue weighted by molar-refractivity contribution is -0.387. The zero-order valence-electron chi connectivity index (χ0n) is 8.59. The molecule has 0 saturated carbocycles. The summed E-state index contributed by atoms with van der Waals surface area (Å²) in [6.07, 6.45) is -0.319. The fourth-order valence-electron chi connectivity index (χ4n) is 1.28. The first kappa shape index (κ1) is 11.5. The second-order valence-corrected chi connectivity index (χ2v) is 3.49. The van der Waals surface area contributed by atoms with E-state index < -0.39 is 22.4 Å². The lowest BCUT2D eigenvalue weighted by Crippen LogP contribution is -2.37. The van der Waals surface area contributed by atoms with Crippen LogP contribution in [0.2, 0.25) is 0 Å². The Morgan fingerprint density at radius 3 is 2.71 bits per heavy atom. The smallest absolute Gasteiger partial charge is 0.338 e. The van der Waals surface area contributed by atoms with Crippen molar-refractivity contribution in [2.45, 2.75) is 6.10 Å². The summed E-state index contributed by atoms with van der Waals surface area (Å²) in [5.41, 5.74) is -0.728. The standard InChI is InChI=1S/C10H8FNO5/c11-8-3-6(1-2-9(8)12(14)15)10(13)17-7-4-16-5-7/h1-3,7H,4-5H2. The summed E-state index contributed by atoms with van der Waals surface area (Å²) in [5, 5.41) is 10.4. The SMILES string of the molecule is O=C(OC1COC1)c1ccc([N+](=O)[O-])c(F)c1. The van der Waals surface area contributed by atoms with Crippen LogP contribution in [0.25, 0.3) is 0 Å². The van der Waals surface area contributed by atoms with Crippen molar-refractivity contribution in [3.05, 3.63) is 39.7 Å². The predicted octanol–water partition coefficient (Wildman–Crippen LogP) is 1.29. The van der Waals surface area contributed by atoms with E-state index in [0.717, 1.165) is 18.2 Å². The van der Waals surface area contributed by atoms with Crippen molar-refractivity contribution in [2.75, 3.05) is 13.2 Å². The van der Waals surface area contributed by atoms with Gasteiger partial charge in [0.15, 0.2) is 0 Å². The quantitative estimate of drug-likeness (QED) is 0.452. The molecule has 0 spiro atoms. The van der Waals surface area contributed by atoms with Gasteiger partial charge in [-0.1, -0.05) is 0 Å². The van der Waals surface area contributed by atoms with E-state index in [1.807, 2.05) is 0 Å². The Morgan fingerprint density at radius 1 is 1.53 bits per heavy atom. The van der Waals surface area contributed by atoms with Gasteiger partial charge in [0.2, 0.25) is 5.82 Å².